The molecule has 0 spiro atoms. The standard InChI is InChI=1S/C58H44N2Si/c1-39-19-10-17-32-55(39)61(42-23-8-5-9-24-42,44-33-34-47-45-26-12-15-30-52(45)59(54(47)38-44)40-20-6-4-7-21-40)43-25-18-22-41(37-43)60-53-31-16-13-27-46(53)48-35-36-51-56(57(48)60)49-28-11-14-29-50(49)58(51,2)3/h4-38H,1-3H3. The van der Waals surface area contributed by atoms with E-state index >= 15 is 0 Å². The Balaban J connectivity index is 1.20. The van der Waals surface area contributed by atoms with Gasteiger partial charge in [0.25, 0.3) is 0 Å². The minimum absolute atomic E-state index is 0.107. The van der Waals surface area contributed by atoms with E-state index in [1.165, 1.54) is 104 Å². The van der Waals surface area contributed by atoms with Gasteiger partial charge in [0.1, 0.15) is 0 Å². The lowest BCUT2D eigenvalue weighted by atomic mass is 9.82. The summed E-state index contributed by atoms with van der Waals surface area (Å²) < 4.78 is 5.04. The predicted molar refractivity (Wildman–Crippen MR) is 261 cm³/mol. The molecule has 1 atom stereocenters. The second-order valence-electron chi connectivity index (χ2n) is 17.3. The molecule has 2 nitrogen and oxygen atoms in total. The molecule has 3 heteroatoms. The molecule has 0 aliphatic heterocycles. The highest BCUT2D eigenvalue weighted by atomic mass is 28.3. The summed E-state index contributed by atoms with van der Waals surface area (Å²) in [6.45, 7) is 7.07. The minimum Gasteiger partial charge on any atom is -0.309 e. The molecule has 2 heterocycles. The largest absolute Gasteiger partial charge is 0.309 e. The van der Waals surface area contributed by atoms with E-state index in [1.807, 2.05) is 0 Å². The second kappa shape index (κ2) is 13.4. The van der Waals surface area contributed by atoms with Crippen LogP contribution in [0.25, 0.3) is 66.1 Å². The molecular formula is C58H44N2Si. The Bertz CT molecular complexity index is 3520. The first-order valence-corrected chi connectivity index (χ1v) is 23.4. The average Bonchev–Trinajstić information content (AvgIpc) is 3.91. The monoisotopic (exact) mass is 796 g/mol. The van der Waals surface area contributed by atoms with Crippen LogP contribution in [-0.4, -0.2) is 17.2 Å². The maximum atomic E-state index is 2.57. The summed E-state index contributed by atoms with van der Waals surface area (Å²) in [5, 5.41) is 10.6. The number of nitrogens with zero attached hydrogens (tertiary/aromatic N) is 2. The number of para-hydroxylation sites is 3. The van der Waals surface area contributed by atoms with Gasteiger partial charge < -0.3 is 9.13 Å². The third-order valence-electron chi connectivity index (χ3n) is 13.8. The fraction of sp³-hybridized carbons (Fsp3) is 0.0690. The van der Waals surface area contributed by atoms with Gasteiger partial charge in [-0.15, -0.1) is 0 Å². The maximum absolute atomic E-state index is 3.04. The van der Waals surface area contributed by atoms with Crippen LogP contribution in [0, 0.1) is 6.92 Å². The first-order valence-electron chi connectivity index (χ1n) is 21.4. The summed E-state index contributed by atoms with van der Waals surface area (Å²) in [6, 6.07) is 80.0. The van der Waals surface area contributed by atoms with Gasteiger partial charge in [-0.25, -0.2) is 0 Å². The quantitative estimate of drug-likeness (QED) is 0.117. The van der Waals surface area contributed by atoms with Crippen molar-refractivity contribution in [2.75, 3.05) is 0 Å². The normalized spacial score (nSPS) is 14.1. The van der Waals surface area contributed by atoms with Gasteiger partial charge in [-0.1, -0.05) is 189 Å². The Morgan fingerprint density at radius 3 is 1.75 bits per heavy atom. The Hall–Kier alpha value is -7.20. The maximum Gasteiger partial charge on any atom is 0.180 e. The van der Waals surface area contributed by atoms with Crippen LogP contribution in [0.2, 0.25) is 0 Å². The number of benzene rings is 9. The number of rotatable bonds is 6. The predicted octanol–water partition coefficient (Wildman–Crippen LogP) is 11.9. The molecule has 9 aromatic carbocycles. The van der Waals surface area contributed by atoms with Crippen molar-refractivity contribution in [1.29, 1.82) is 0 Å². The van der Waals surface area contributed by atoms with Crippen molar-refractivity contribution in [3.05, 3.63) is 229 Å². The van der Waals surface area contributed by atoms with Gasteiger partial charge in [0.05, 0.1) is 22.1 Å². The smallest absolute Gasteiger partial charge is 0.180 e. The van der Waals surface area contributed by atoms with E-state index in [-0.39, 0.29) is 5.41 Å². The van der Waals surface area contributed by atoms with Crippen LogP contribution in [0.4, 0.5) is 0 Å². The van der Waals surface area contributed by atoms with Crippen LogP contribution in [0.1, 0.15) is 30.5 Å². The zero-order valence-corrected chi connectivity index (χ0v) is 35.6. The number of hydrogen-bond acceptors (Lipinski definition) is 0. The highest BCUT2D eigenvalue weighted by molar-refractivity contribution is 7.20. The van der Waals surface area contributed by atoms with Gasteiger partial charge in [-0.3, -0.25) is 0 Å². The van der Waals surface area contributed by atoms with Crippen molar-refractivity contribution in [2.45, 2.75) is 26.2 Å². The van der Waals surface area contributed by atoms with Crippen molar-refractivity contribution in [3.8, 4) is 22.5 Å². The average molecular weight is 797 g/mol. The van der Waals surface area contributed by atoms with Crippen molar-refractivity contribution < 1.29 is 0 Å². The zero-order valence-electron chi connectivity index (χ0n) is 34.6. The molecule has 12 rings (SSSR count). The molecule has 11 aromatic rings. The van der Waals surface area contributed by atoms with Crippen LogP contribution in [0.5, 0.6) is 0 Å². The summed E-state index contributed by atoms with van der Waals surface area (Å²) in [4.78, 5) is 0. The summed E-state index contributed by atoms with van der Waals surface area (Å²) >= 11 is 0. The van der Waals surface area contributed by atoms with E-state index in [4.69, 9.17) is 0 Å². The zero-order chi connectivity index (χ0) is 40.9. The SMILES string of the molecule is Cc1ccccc1[Si](c1ccccc1)(c1cccc(-n2c3ccccc3c3ccc4c(c32)-c2ccccc2C4(C)C)c1)c1ccc2c3ccccc3n(-c3ccccc3)c2c1. The van der Waals surface area contributed by atoms with Crippen molar-refractivity contribution in [1.82, 2.24) is 9.13 Å². The van der Waals surface area contributed by atoms with E-state index in [0.29, 0.717) is 0 Å². The number of hydrogen-bond donors (Lipinski definition) is 0. The van der Waals surface area contributed by atoms with Gasteiger partial charge in [0.15, 0.2) is 8.07 Å². The highest BCUT2D eigenvalue weighted by Gasteiger charge is 2.43. The lowest BCUT2D eigenvalue weighted by Gasteiger charge is -2.36. The molecule has 61 heavy (non-hydrogen) atoms. The third kappa shape index (κ3) is 5.02. The molecule has 1 aliphatic carbocycles. The van der Waals surface area contributed by atoms with Crippen LogP contribution >= 0.6 is 0 Å². The number of fused-ring (bicyclic) bond motifs is 10. The summed E-state index contributed by atoms with van der Waals surface area (Å²) in [7, 11) is -3.04. The van der Waals surface area contributed by atoms with Crippen LogP contribution < -0.4 is 20.7 Å². The Labute approximate surface area is 357 Å². The number of aryl methyl sites for hydroxylation is 1. The molecule has 0 saturated heterocycles. The molecule has 0 saturated carbocycles. The summed E-state index contributed by atoms with van der Waals surface area (Å²) in [5.41, 5.74) is 14.0. The van der Waals surface area contributed by atoms with Crippen molar-refractivity contribution >= 4 is 72.4 Å². The molecule has 0 fully saturated rings. The minimum atomic E-state index is -3.04. The van der Waals surface area contributed by atoms with E-state index in [2.05, 4.69) is 242 Å². The fourth-order valence-electron chi connectivity index (χ4n) is 11.1. The highest BCUT2D eigenvalue weighted by Crippen LogP contribution is 2.52. The summed E-state index contributed by atoms with van der Waals surface area (Å²) in [6.07, 6.45) is 0. The number of aromatic nitrogens is 2. The topological polar surface area (TPSA) is 9.86 Å². The second-order valence-corrected chi connectivity index (χ2v) is 21.1. The lowest BCUT2D eigenvalue weighted by molar-refractivity contribution is 0.661. The van der Waals surface area contributed by atoms with Gasteiger partial charge in [-0.2, -0.15) is 0 Å². The molecule has 0 bridgehead atoms. The molecule has 0 amide bonds. The van der Waals surface area contributed by atoms with Gasteiger partial charge in [0, 0.05) is 43.9 Å². The lowest BCUT2D eigenvalue weighted by Crippen LogP contribution is -2.75. The van der Waals surface area contributed by atoms with Crippen molar-refractivity contribution in [2.24, 2.45) is 0 Å². The Morgan fingerprint density at radius 1 is 0.393 bits per heavy atom. The third-order valence-corrected chi connectivity index (χ3v) is 18.7. The fourth-order valence-corrected chi connectivity index (χ4v) is 16.1. The molecule has 290 valence electrons. The van der Waals surface area contributed by atoms with Crippen LogP contribution in [0.15, 0.2) is 212 Å². The first kappa shape index (κ1) is 35.7. The van der Waals surface area contributed by atoms with Gasteiger partial charge >= 0.3 is 0 Å². The van der Waals surface area contributed by atoms with Gasteiger partial charge in [-0.05, 0) is 86.8 Å². The van der Waals surface area contributed by atoms with E-state index in [1.54, 1.807) is 0 Å². The van der Waals surface area contributed by atoms with Gasteiger partial charge in [0.2, 0.25) is 0 Å². The first-order chi connectivity index (χ1) is 30.0. The van der Waals surface area contributed by atoms with E-state index in [9.17, 15) is 0 Å². The van der Waals surface area contributed by atoms with E-state index in [0.717, 1.165) is 0 Å². The van der Waals surface area contributed by atoms with Crippen LogP contribution in [0.3, 0.4) is 0 Å². The molecule has 0 N–H and O–H groups in total. The molecule has 2 aromatic heterocycles. The molecular weight excluding hydrogens is 753 g/mol. The molecule has 0 radical (unpaired) electrons. The Kier molecular flexibility index (Phi) is 7.85. The van der Waals surface area contributed by atoms with Crippen molar-refractivity contribution in [3.63, 3.8) is 0 Å². The molecule has 1 aliphatic rings. The summed E-state index contributed by atoms with van der Waals surface area (Å²) in [5.74, 6) is 0. The Morgan fingerprint density at radius 2 is 0.967 bits per heavy atom. The van der Waals surface area contributed by atoms with Crippen LogP contribution in [-0.2, 0) is 5.41 Å². The van der Waals surface area contributed by atoms with E-state index < -0.39 is 8.07 Å². The molecule has 1 unspecified atom stereocenters.